The molecule has 0 aromatic heterocycles. The summed E-state index contributed by atoms with van der Waals surface area (Å²) in [5, 5.41) is 5.32. The van der Waals surface area contributed by atoms with E-state index in [1.807, 2.05) is 24.3 Å². The quantitative estimate of drug-likeness (QED) is 0.877. The maximum atomic E-state index is 13.5. The van der Waals surface area contributed by atoms with Gasteiger partial charge in [0.05, 0.1) is 6.54 Å². The van der Waals surface area contributed by atoms with Gasteiger partial charge in [-0.25, -0.2) is 14.0 Å². The third-order valence-corrected chi connectivity index (χ3v) is 3.83. The van der Waals surface area contributed by atoms with E-state index in [4.69, 9.17) is 4.74 Å². The zero-order valence-electron chi connectivity index (χ0n) is 13.5. The molecule has 0 saturated carbocycles. The van der Waals surface area contributed by atoms with Gasteiger partial charge in [-0.15, -0.1) is 0 Å². The number of hydrogen-bond donors (Lipinski definition) is 2. The van der Waals surface area contributed by atoms with Gasteiger partial charge in [-0.2, -0.15) is 0 Å². The Balaban J connectivity index is 1.52. The summed E-state index contributed by atoms with van der Waals surface area (Å²) in [6.07, 6.45) is -0.368. The predicted octanol–water partition coefficient (Wildman–Crippen LogP) is 2.78. The SMILES string of the molecule is O=C(NCc1cccc(N2CCOC2=O)c1)NCc1ccccc1F. The fraction of sp³-hybridized carbons (Fsp3) is 0.222. The van der Waals surface area contributed by atoms with E-state index in [-0.39, 0.29) is 18.5 Å². The van der Waals surface area contributed by atoms with Gasteiger partial charge in [-0.1, -0.05) is 30.3 Å². The van der Waals surface area contributed by atoms with E-state index in [0.29, 0.717) is 25.3 Å². The molecule has 0 spiro atoms. The molecule has 0 unspecified atom stereocenters. The molecule has 0 atom stereocenters. The minimum Gasteiger partial charge on any atom is -0.447 e. The third kappa shape index (κ3) is 4.26. The van der Waals surface area contributed by atoms with Gasteiger partial charge in [0, 0.05) is 24.3 Å². The molecule has 130 valence electrons. The van der Waals surface area contributed by atoms with Crippen molar-refractivity contribution >= 4 is 17.8 Å². The Bertz CT molecular complexity index is 782. The zero-order chi connectivity index (χ0) is 17.6. The molecule has 0 radical (unpaired) electrons. The summed E-state index contributed by atoms with van der Waals surface area (Å²) in [4.78, 5) is 25.0. The summed E-state index contributed by atoms with van der Waals surface area (Å²) in [5.74, 6) is -0.354. The number of hydrogen-bond acceptors (Lipinski definition) is 3. The summed E-state index contributed by atoms with van der Waals surface area (Å²) in [5.41, 5.74) is 2.00. The molecule has 2 aromatic rings. The summed E-state index contributed by atoms with van der Waals surface area (Å²) in [6.45, 7) is 1.29. The Morgan fingerprint density at radius 3 is 2.68 bits per heavy atom. The Morgan fingerprint density at radius 1 is 1.12 bits per heavy atom. The van der Waals surface area contributed by atoms with E-state index < -0.39 is 6.03 Å². The standard InChI is InChI=1S/C18H18FN3O3/c19-16-7-2-1-5-14(16)12-21-17(23)20-11-13-4-3-6-15(10-13)22-8-9-25-18(22)24/h1-7,10H,8-9,11-12H2,(H2,20,21,23). The third-order valence-electron chi connectivity index (χ3n) is 3.83. The number of carbonyl (C=O) groups is 2. The van der Waals surface area contributed by atoms with E-state index in [1.165, 1.54) is 6.07 Å². The number of carbonyl (C=O) groups excluding carboxylic acids is 2. The molecular formula is C18H18FN3O3. The van der Waals surface area contributed by atoms with Crippen LogP contribution in [-0.4, -0.2) is 25.3 Å². The number of ether oxygens (including phenoxy) is 1. The molecule has 3 amide bonds. The van der Waals surface area contributed by atoms with Crippen molar-refractivity contribution in [1.29, 1.82) is 0 Å². The molecule has 25 heavy (non-hydrogen) atoms. The lowest BCUT2D eigenvalue weighted by atomic mass is 10.2. The first-order valence-electron chi connectivity index (χ1n) is 7.92. The molecule has 1 heterocycles. The van der Waals surface area contributed by atoms with Crippen LogP contribution in [-0.2, 0) is 17.8 Å². The number of amides is 3. The van der Waals surface area contributed by atoms with Crippen molar-refractivity contribution in [1.82, 2.24) is 10.6 Å². The number of rotatable bonds is 5. The number of urea groups is 1. The van der Waals surface area contributed by atoms with Crippen molar-refractivity contribution < 1.29 is 18.7 Å². The second-order valence-electron chi connectivity index (χ2n) is 5.56. The number of anilines is 1. The Kier molecular flexibility index (Phi) is 5.13. The first kappa shape index (κ1) is 16.8. The molecule has 6 nitrogen and oxygen atoms in total. The van der Waals surface area contributed by atoms with Gasteiger partial charge < -0.3 is 15.4 Å². The van der Waals surface area contributed by atoms with Crippen LogP contribution in [0.4, 0.5) is 19.7 Å². The van der Waals surface area contributed by atoms with Crippen molar-refractivity contribution in [3.8, 4) is 0 Å². The summed E-state index contributed by atoms with van der Waals surface area (Å²) < 4.78 is 18.4. The van der Waals surface area contributed by atoms with Crippen LogP contribution in [0.1, 0.15) is 11.1 Å². The van der Waals surface area contributed by atoms with Gasteiger partial charge in [-0.3, -0.25) is 4.90 Å². The van der Waals surface area contributed by atoms with E-state index in [9.17, 15) is 14.0 Å². The molecule has 1 saturated heterocycles. The van der Waals surface area contributed by atoms with Gasteiger partial charge in [0.25, 0.3) is 0 Å². The first-order chi connectivity index (χ1) is 12.1. The number of benzene rings is 2. The monoisotopic (exact) mass is 343 g/mol. The number of cyclic esters (lactones) is 1. The highest BCUT2D eigenvalue weighted by Gasteiger charge is 2.23. The maximum Gasteiger partial charge on any atom is 0.414 e. The molecule has 0 bridgehead atoms. The van der Waals surface area contributed by atoms with Crippen molar-refractivity contribution in [3.63, 3.8) is 0 Å². The largest absolute Gasteiger partial charge is 0.447 e. The van der Waals surface area contributed by atoms with E-state index in [1.54, 1.807) is 23.1 Å². The molecule has 1 aliphatic heterocycles. The summed E-state index contributed by atoms with van der Waals surface area (Å²) >= 11 is 0. The predicted molar refractivity (Wildman–Crippen MR) is 90.6 cm³/mol. The highest BCUT2D eigenvalue weighted by Crippen LogP contribution is 2.19. The second-order valence-corrected chi connectivity index (χ2v) is 5.56. The zero-order valence-corrected chi connectivity index (χ0v) is 13.5. The van der Waals surface area contributed by atoms with Gasteiger partial charge in [0.15, 0.2) is 0 Å². The van der Waals surface area contributed by atoms with Crippen molar-refractivity contribution in [2.75, 3.05) is 18.1 Å². The van der Waals surface area contributed by atoms with Crippen LogP contribution in [0.3, 0.4) is 0 Å². The number of nitrogens with one attached hydrogen (secondary N) is 2. The van der Waals surface area contributed by atoms with E-state index in [0.717, 1.165) is 11.3 Å². The summed E-state index contributed by atoms with van der Waals surface area (Å²) in [6, 6.07) is 13.2. The number of nitrogens with zero attached hydrogens (tertiary/aromatic N) is 1. The normalized spacial score (nSPS) is 13.5. The minimum absolute atomic E-state index is 0.109. The lowest BCUT2D eigenvalue weighted by Crippen LogP contribution is -2.34. The summed E-state index contributed by atoms with van der Waals surface area (Å²) in [7, 11) is 0. The van der Waals surface area contributed by atoms with Crippen LogP contribution >= 0.6 is 0 Å². The Hall–Kier alpha value is -3.09. The van der Waals surface area contributed by atoms with Gasteiger partial charge in [-0.05, 0) is 23.8 Å². The molecule has 2 aromatic carbocycles. The van der Waals surface area contributed by atoms with E-state index >= 15 is 0 Å². The topological polar surface area (TPSA) is 70.7 Å². The lowest BCUT2D eigenvalue weighted by Gasteiger charge is -2.14. The van der Waals surface area contributed by atoms with Crippen molar-refractivity contribution in [2.24, 2.45) is 0 Å². The molecule has 1 fully saturated rings. The highest BCUT2D eigenvalue weighted by atomic mass is 19.1. The fourth-order valence-corrected chi connectivity index (χ4v) is 2.52. The molecule has 7 heteroatoms. The first-order valence-corrected chi connectivity index (χ1v) is 7.92. The lowest BCUT2D eigenvalue weighted by molar-refractivity contribution is 0.181. The van der Waals surface area contributed by atoms with Crippen molar-refractivity contribution in [3.05, 3.63) is 65.5 Å². The van der Waals surface area contributed by atoms with Crippen LogP contribution in [0.2, 0.25) is 0 Å². The molecule has 3 rings (SSSR count). The Morgan fingerprint density at radius 2 is 1.92 bits per heavy atom. The van der Waals surface area contributed by atoms with Crippen LogP contribution in [0.25, 0.3) is 0 Å². The molecule has 1 aliphatic rings. The van der Waals surface area contributed by atoms with Crippen LogP contribution in [0.15, 0.2) is 48.5 Å². The molecule has 2 N–H and O–H groups in total. The average molecular weight is 343 g/mol. The highest BCUT2D eigenvalue weighted by molar-refractivity contribution is 5.89. The Labute approximate surface area is 144 Å². The van der Waals surface area contributed by atoms with Crippen LogP contribution in [0, 0.1) is 5.82 Å². The number of halogens is 1. The van der Waals surface area contributed by atoms with Crippen molar-refractivity contribution in [2.45, 2.75) is 13.1 Å². The van der Waals surface area contributed by atoms with Gasteiger partial charge in [0.1, 0.15) is 12.4 Å². The average Bonchev–Trinajstić information content (AvgIpc) is 3.05. The van der Waals surface area contributed by atoms with Crippen LogP contribution < -0.4 is 15.5 Å². The fourth-order valence-electron chi connectivity index (χ4n) is 2.52. The van der Waals surface area contributed by atoms with Crippen LogP contribution in [0.5, 0.6) is 0 Å². The minimum atomic E-state index is -0.394. The second kappa shape index (κ2) is 7.65. The molecule has 0 aliphatic carbocycles. The maximum absolute atomic E-state index is 13.5. The smallest absolute Gasteiger partial charge is 0.414 e. The molecular weight excluding hydrogens is 325 g/mol. The van der Waals surface area contributed by atoms with Gasteiger partial charge >= 0.3 is 12.1 Å². The van der Waals surface area contributed by atoms with E-state index in [2.05, 4.69) is 10.6 Å². The van der Waals surface area contributed by atoms with Gasteiger partial charge in [0.2, 0.25) is 0 Å².